The first kappa shape index (κ1) is 20.6. The molecule has 0 bridgehead atoms. The number of benzene rings is 3. The molecule has 0 atom stereocenters. The number of amides is 2. The molecule has 2 N–H and O–H groups in total. The van der Waals surface area contributed by atoms with Crippen molar-refractivity contribution in [2.45, 2.75) is 6.42 Å². The van der Waals surface area contributed by atoms with Gasteiger partial charge in [-0.2, -0.15) is 0 Å². The number of hydrogen-bond acceptors (Lipinski definition) is 4. The second kappa shape index (κ2) is 9.91. The van der Waals surface area contributed by atoms with Crippen LogP contribution in [0, 0.1) is 0 Å². The molecule has 0 radical (unpaired) electrons. The molecule has 31 heavy (non-hydrogen) atoms. The number of nitrogens with one attached hydrogen (secondary N) is 2. The molecule has 1 heterocycles. The minimum absolute atomic E-state index is 0.256. The summed E-state index contributed by atoms with van der Waals surface area (Å²) >= 11 is 1.41. The fourth-order valence-electron chi connectivity index (χ4n) is 3.18. The lowest BCUT2D eigenvalue weighted by Gasteiger charge is -2.06. The van der Waals surface area contributed by atoms with E-state index < -0.39 is 0 Å². The summed E-state index contributed by atoms with van der Waals surface area (Å²) < 4.78 is 5.15. The topological polar surface area (TPSA) is 63.2 Å². The lowest BCUT2D eigenvalue weighted by Crippen LogP contribution is -2.30. The van der Waals surface area contributed by atoms with Gasteiger partial charge < -0.3 is 10.1 Å². The average Bonchev–Trinajstić information content (AvgIpc) is 3.28. The molecule has 0 saturated carbocycles. The van der Waals surface area contributed by atoms with Gasteiger partial charge in [0.25, 0.3) is 0 Å². The molecular formula is C25H23N3O2S. The van der Waals surface area contributed by atoms with Crippen molar-refractivity contribution in [2.24, 2.45) is 0 Å². The van der Waals surface area contributed by atoms with Crippen molar-refractivity contribution in [1.82, 2.24) is 10.3 Å². The maximum Gasteiger partial charge on any atom is 0.321 e. The lowest BCUT2D eigenvalue weighted by molar-refractivity contribution is 0.252. The van der Waals surface area contributed by atoms with Crippen LogP contribution in [0.15, 0.2) is 84.2 Å². The Hall–Kier alpha value is -3.64. The highest BCUT2D eigenvalue weighted by Gasteiger charge is 2.08. The van der Waals surface area contributed by atoms with E-state index in [9.17, 15) is 4.79 Å². The molecule has 0 aliphatic rings. The van der Waals surface area contributed by atoms with E-state index in [1.807, 2.05) is 47.8 Å². The Labute approximate surface area is 185 Å². The largest absolute Gasteiger partial charge is 0.497 e. The van der Waals surface area contributed by atoms with E-state index in [4.69, 9.17) is 4.74 Å². The zero-order valence-electron chi connectivity index (χ0n) is 17.2. The Balaban J connectivity index is 1.29. The van der Waals surface area contributed by atoms with Crippen LogP contribution < -0.4 is 15.4 Å². The van der Waals surface area contributed by atoms with Gasteiger partial charge in [-0.25, -0.2) is 9.78 Å². The summed E-state index contributed by atoms with van der Waals surface area (Å²) in [6.45, 7) is 0.539. The fourth-order valence-corrected chi connectivity index (χ4v) is 3.90. The zero-order valence-corrected chi connectivity index (χ0v) is 18.0. The van der Waals surface area contributed by atoms with E-state index in [-0.39, 0.29) is 6.03 Å². The molecule has 3 aromatic carbocycles. The van der Waals surface area contributed by atoms with Crippen LogP contribution in [-0.4, -0.2) is 24.7 Å². The number of methoxy groups -OCH3 is 1. The van der Waals surface area contributed by atoms with E-state index in [1.54, 1.807) is 7.11 Å². The van der Waals surface area contributed by atoms with E-state index in [0.29, 0.717) is 11.7 Å². The van der Waals surface area contributed by atoms with Crippen molar-refractivity contribution in [3.8, 4) is 28.1 Å². The number of rotatable bonds is 7. The Morgan fingerprint density at radius 3 is 2.29 bits per heavy atom. The number of carbonyl (C=O) groups is 1. The predicted molar refractivity (Wildman–Crippen MR) is 127 cm³/mol. The van der Waals surface area contributed by atoms with Gasteiger partial charge in [-0.05, 0) is 35.2 Å². The number of urea groups is 1. The Kier molecular flexibility index (Phi) is 6.59. The third-order valence-electron chi connectivity index (χ3n) is 4.87. The molecule has 0 spiro atoms. The molecule has 1 aromatic heterocycles. The van der Waals surface area contributed by atoms with Crippen LogP contribution >= 0.6 is 11.3 Å². The molecule has 6 heteroatoms. The molecule has 4 rings (SSSR count). The summed E-state index contributed by atoms with van der Waals surface area (Å²) in [4.78, 5) is 16.7. The predicted octanol–water partition coefficient (Wildman–Crippen LogP) is 5.85. The van der Waals surface area contributed by atoms with Crippen LogP contribution in [0.4, 0.5) is 9.93 Å². The maximum absolute atomic E-state index is 12.2. The molecule has 5 nitrogen and oxygen atoms in total. The smallest absolute Gasteiger partial charge is 0.321 e. The number of anilines is 1. The standard InChI is InChI=1S/C25H23N3O2S/c1-30-22-13-7-18(8-14-22)15-16-26-24(29)28-25-27-23(17-31-25)21-11-9-20(10-12-21)19-5-3-2-4-6-19/h2-14,17H,15-16H2,1H3,(H2,26,27,28,29). The van der Waals surface area contributed by atoms with Crippen molar-refractivity contribution < 1.29 is 9.53 Å². The minimum atomic E-state index is -0.256. The second-order valence-electron chi connectivity index (χ2n) is 6.96. The van der Waals surface area contributed by atoms with E-state index in [0.717, 1.165) is 34.6 Å². The normalized spacial score (nSPS) is 10.5. The molecule has 0 saturated heterocycles. The average molecular weight is 430 g/mol. The summed E-state index contributed by atoms with van der Waals surface area (Å²) in [6, 6.07) is 26.1. The first-order valence-electron chi connectivity index (χ1n) is 10.0. The van der Waals surface area contributed by atoms with Crippen LogP contribution in [-0.2, 0) is 6.42 Å². The summed E-state index contributed by atoms with van der Waals surface area (Å²) in [5.41, 5.74) is 5.34. The second-order valence-corrected chi connectivity index (χ2v) is 7.82. The first-order chi connectivity index (χ1) is 15.2. The van der Waals surface area contributed by atoms with E-state index in [1.165, 1.54) is 16.9 Å². The Morgan fingerprint density at radius 1 is 0.903 bits per heavy atom. The quantitative estimate of drug-likeness (QED) is 0.387. The summed E-state index contributed by atoms with van der Waals surface area (Å²) in [5, 5.41) is 8.20. The van der Waals surface area contributed by atoms with Gasteiger partial charge in [0.2, 0.25) is 0 Å². The van der Waals surface area contributed by atoms with Gasteiger partial charge in [0.1, 0.15) is 5.75 Å². The molecule has 2 amide bonds. The number of aromatic nitrogens is 1. The third kappa shape index (κ3) is 5.49. The van der Waals surface area contributed by atoms with Gasteiger partial charge in [0, 0.05) is 17.5 Å². The number of hydrogen-bond donors (Lipinski definition) is 2. The fraction of sp³-hybridized carbons (Fsp3) is 0.120. The molecular weight excluding hydrogens is 406 g/mol. The Morgan fingerprint density at radius 2 is 1.58 bits per heavy atom. The minimum Gasteiger partial charge on any atom is -0.497 e. The zero-order chi connectivity index (χ0) is 21.5. The van der Waals surface area contributed by atoms with Gasteiger partial charge in [0.15, 0.2) is 5.13 Å². The van der Waals surface area contributed by atoms with Crippen molar-refractivity contribution in [3.05, 3.63) is 89.8 Å². The molecule has 0 aliphatic carbocycles. The number of carbonyl (C=O) groups excluding carboxylic acids is 1. The van der Waals surface area contributed by atoms with Crippen molar-refractivity contribution in [2.75, 3.05) is 19.0 Å². The van der Waals surface area contributed by atoms with Gasteiger partial charge in [-0.15, -0.1) is 11.3 Å². The van der Waals surface area contributed by atoms with Crippen molar-refractivity contribution >= 4 is 22.5 Å². The number of ether oxygens (including phenoxy) is 1. The van der Waals surface area contributed by atoms with Crippen molar-refractivity contribution in [3.63, 3.8) is 0 Å². The SMILES string of the molecule is COc1ccc(CCNC(=O)Nc2nc(-c3ccc(-c4ccccc4)cc3)cs2)cc1. The maximum atomic E-state index is 12.2. The van der Waals surface area contributed by atoms with Crippen LogP contribution in [0.5, 0.6) is 5.75 Å². The Bertz CT molecular complexity index is 1120. The van der Waals surface area contributed by atoms with E-state index in [2.05, 4.69) is 52.0 Å². The first-order valence-corrected chi connectivity index (χ1v) is 10.9. The molecule has 0 fully saturated rings. The van der Waals surface area contributed by atoms with Crippen LogP contribution in [0.2, 0.25) is 0 Å². The summed E-state index contributed by atoms with van der Waals surface area (Å²) in [6.07, 6.45) is 0.744. The monoisotopic (exact) mass is 429 g/mol. The molecule has 0 aliphatic heterocycles. The van der Waals surface area contributed by atoms with Gasteiger partial charge >= 0.3 is 6.03 Å². The highest BCUT2D eigenvalue weighted by Crippen LogP contribution is 2.27. The highest BCUT2D eigenvalue weighted by atomic mass is 32.1. The third-order valence-corrected chi connectivity index (χ3v) is 5.63. The van der Waals surface area contributed by atoms with E-state index >= 15 is 0 Å². The molecule has 0 unspecified atom stereocenters. The van der Waals surface area contributed by atoms with Crippen LogP contribution in [0.25, 0.3) is 22.4 Å². The van der Waals surface area contributed by atoms with Crippen LogP contribution in [0.3, 0.4) is 0 Å². The van der Waals surface area contributed by atoms with Crippen LogP contribution in [0.1, 0.15) is 5.56 Å². The number of nitrogens with zero attached hydrogens (tertiary/aromatic N) is 1. The van der Waals surface area contributed by atoms with Gasteiger partial charge in [-0.1, -0.05) is 66.7 Å². The van der Waals surface area contributed by atoms with Gasteiger partial charge in [0.05, 0.1) is 12.8 Å². The summed E-state index contributed by atoms with van der Waals surface area (Å²) in [7, 11) is 1.64. The molecule has 156 valence electrons. The number of thiazole rings is 1. The summed E-state index contributed by atoms with van der Waals surface area (Å²) in [5.74, 6) is 0.823. The highest BCUT2D eigenvalue weighted by molar-refractivity contribution is 7.14. The van der Waals surface area contributed by atoms with Crippen molar-refractivity contribution in [1.29, 1.82) is 0 Å². The molecule has 4 aromatic rings. The van der Waals surface area contributed by atoms with Gasteiger partial charge in [-0.3, -0.25) is 5.32 Å². The lowest BCUT2D eigenvalue weighted by atomic mass is 10.0.